The van der Waals surface area contributed by atoms with Crippen molar-refractivity contribution in [2.75, 3.05) is 26.2 Å². The molecule has 0 aromatic rings. The number of ether oxygens (including phenoxy) is 1. The van der Waals surface area contributed by atoms with Crippen molar-refractivity contribution in [3.05, 3.63) is 0 Å². The van der Waals surface area contributed by atoms with E-state index in [1.807, 2.05) is 0 Å². The molecule has 1 saturated heterocycles. The van der Waals surface area contributed by atoms with Gasteiger partial charge >= 0.3 is 12.1 Å². The molecule has 0 aromatic carbocycles. The smallest absolute Gasteiger partial charge is 0.376 e. The van der Waals surface area contributed by atoms with Gasteiger partial charge in [0.05, 0.1) is 0 Å². The van der Waals surface area contributed by atoms with E-state index >= 15 is 0 Å². The van der Waals surface area contributed by atoms with Crippen molar-refractivity contribution >= 4 is 12.1 Å². The molecule has 92 valence electrons. The van der Waals surface area contributed by atoms with Crippen LogP contribution >= 0.6 is 0 Å². The van der Waals surface area contributed by atoms with Crippen LogP contribution in [0, 0.1) is 0 Å². The zero-order chi connectivity index (χ0) is 11.8. The van der Waals surface area contributed by atoms with Crippen molar-refractivity contribution in [1.29, 1.82) is 0 Å². The number of hydrogen-bond acceptors (Lipinski definition) is 4. The number of rotatable bonds is 4. The number of hydrogen-bond donors (Lipinski definition) is 1. The third kappa shape index (κ3) is 4.61. The first-order valence-corrected chi connectivity index (χ1v) is 5.94. The van der Waals surface area contributed by atoms with Gasteiger partial charge in [0.2, 0.25) is 0 Å². The standard InChI is InChI=1S/C11H20N2O3/c1-2-3-4-5-10(14)16-11(15)13-8-6-12-7-9-13/h12H,2-9H2,1H3. The summed E-state index contributed by atoms with van der Waals surface area (Å²) in [7, 11) is 0. The van der Waals surface area contributed by atoms with Gasteiger partial charge in [-0.15, -0.1) is 0 Å². The van der Waals surface area contributed by atoms with Crippen LogP contribution in [0.15, 0.2) is 0 Å². The molecular weight excluding hydrogens is 208 g/mol. The number of esters is 1. The van der Waals surface area contributed by atoms with Crippen molar-refractivity contribution in [3.8, 4) is 0 Å². The fraction of sp³-hybridized carbons (Fsp3) is 0.818. The summed E-state index contributed by atoms with van der Waals surface area (Å²) in [6.45, 7) is 4.82. The largest absolute Gasteiger partial charge is 0.417 e. The normalized spacial score (nSPS) is 15.9. The second-order valence-corrected chi connectivity index (χ2v) is 3.93. The molecule has 1 N–H and O–H groups in total. The molecule has 0 aromatic heterocycles. The van der Waals surface area contributed by atoms with Gasteiger partial charge in [-0.3, -0.25) is 4.79 Å². The van der Waals surface area contributed by atoms with E-state index in [4.69, 9.17) is 4.74 Å². The van der Waals surface area contributed by atoms with Gasteiger partial charge in [0, 0.05) is 32.6 Å². The average Bonchev–Trinajstić information content (AvgIpc) is 2.30. The molecule has 1 amide bonds. The first-order valence-electron chi connectivity index (χ1n) is 5.94. The number of carbonyl (C=O) groups is 2. The Kier molecular flexibility index (Phi) is 5.85. The number of amides is 1. The van der Waals surface area contributed by atoms with Crippen LogP contribution in [-0.4, -0.2) is 43.1 Å². The Labute approximate surface area is 96.1 Å². The van der Waals surface area contributed by atoms with Gasteiger partial charge in [-0.05, 0) is 6.42 Å². The van der Waals surface area contributed by atoms with Crippen molar-refractivity contribution in [2.45, 2.75) is 32.6 Å². The highest BCUT2D eigenvalue weighted by atomic mass is 16.6. The van der Waals surface area contributed by atoms with E-state index in [1.54, 1.807) is 4.90 Å². The maximum atomic E-state index is 11.5. The Hall–Kier alpha value is -1.10. The van der Waals surface area contributed by atoms with Crippen LogP contribution in [0.5, 0.6) is 0 Å². The van der Waals surface area contributed by atoms with Gasteiger partial charge in [0.25, 0.3) is 0 Å². The monoisotopic (exact) mass is 228 g/mol. The summed E-state index contributed by atoms with van der Waals surface area (Å²) in [4.78, 5) is 24.3. The molecule has 5 heteroatoms. The predicted molar refractivity (Wildman–Crippen MR) is 60.1 cm³/mol. The highest BCUT2D eigenvalue weighted by molar-refractivity contribution is 5.84. The molecule has 0 aliphatic carbocycles. The average molecular weight is 228 g/mol. The van der Waals surface area contributed by atoms with Crippen LogP contribution in [0.2, 0.25) is 0 Å². The Morgan fingerprint density at radius 3 is 2.56 bits per heavy atom. The molecule has 0 bridgehead atoms. The van der Waals surface area contributed by atoms with Gasteiger partial charge in [-0.25, -0.2) is 4.79 Å². The number of piperazine rings is 1. The second kappa shape index (κ2) is 7.22. The molecular formula is C11H20N2O3. The fourth-order valence-corrected chi connectivity index (χ4v) is 1.58. The molecule has 0 saturated carbocycles. The van der Waals surface area contributed by atoms with E-state index in [9.17, 15) is 9.59 Å². The summed E-state index contributed by atoms with van der Waals surface area (Å²) in [5, 5.41) is 3.13. The quantitative estimate of drug-likeness (QED) is 0.445. The van der Waals surface area contributed by atoms with Crippen LogP contribution in [0.25, 0.3) is 0 Å². The minimum absolute atomic E-state index is 0.339. The minimum atomic E-state index is -0.497. The third-order valence-electron chi connectivity index (χ3n) is 2.56. The molecule has 1 heterocycles. The SMILES string of the molecule is CCCCCC(=O)OC(=O)N1CCNCC1. The molecule has 0 unspecified atom stereocenters. The van der Waals surface area contributed by atoms with Gasteiger partial charge in [0.15, 0.2) is 0 Å². The van der Waals surface area contributed by atoms with Gasteiger partial charge in [0.1, 0.15) is 0 Å². The van der Waals surface area contributed by atoms with Crippen LogP contribution in [0.4, 0.5) is 4.79 Å². The molecule has 5 nitrogen and oxygen atoms in total. The Balaban J connectivity index is 2.19. The molecule has 16 heavy (non-hydrogen) atoms. The zero-order valence-corrected chi connectivity index (χ0v) is 9.83. The van der Waals surface area contributed by atoms with E-state index in [2.05, 4.69) is 12.2 Å². The lowest BCUT2D eigenvalue weighted by Gasteiger charge is -2.25. The Bertz CT molecular complexity index is 237. The highest BCUT2D eigenvalue weighted by Gasteiger charge is 2.19. The highest BCUT2D eigenvalue weighted by Crippen LogP contribution is 2.03. The van der Waals surface area contributed by atoms with Crippen LogP contribution < -0.4 is 5.32 Å². The summed E-state index contributed by atoms with van der Waals surface area (Å²) >= 11 is 0. The summed E-state index contributed by atoms with van der Waals surface area (Å²) < 4.78 is 4.76. The number of nitrogens with one attached hydrogen (secondary N) is 1. The predicted octanol–water partition coefficient (Wildman–Crippen LogP) is 1.14. The number of carbonyl (C=O) groups excluding carboxylic acids is 2. The third-order valence-corrected chi connectivity index (χ3v) is 2.56. The maximum Gasteiger partial charge on any atom is 0.417 e. The van der Waals surface area contributed by atoms with Crippen LogP contribution in [0.1, 0.15) is 32.6 Å². The molecule has 0 radical (unpaired) electrons. The summed E-state index contributed by atoms with van der Waals surface area (Å²) in [6.07, 6.45) is 2.69. The van der Waals surface area contributed by atoms with Crippen molar-refractivity contribution < 1.29 is 14.3 Å². The summed E-state index contributed by atoms with van der Waals surface area (Å²) in [6, 6.07) is 0. The van der Waals surface area contributed by atoms with Gasteiger partial charge < -0.3 is 15.0 Å². The molecule has 1 fully saturated rings. The van der Waals surface area contributed by atoms with E-state index in [0.717, 1.165) is 32.4 Å². The van der Waals surface area contributed by atoms with Crippen molar-refractivity contribution in [2.24, 2.45) is 0 Å². The molecule has 0 spiro atoms. The first-order chi connectivity index (χ1) is 7.74. The fourth-order valence-electron chi connectivity index (χ4n) is 1.58. The lowest BCUT2D eigenvalue weighted by molar-refractivity contribution is -0.138. The number of nitrogens with zero attached hydrogens (tertiary/aromatic N) is 1. The second-order valence-electron chi connectivity index (χ2n) is 3.93. The van der Waals surface area contributed by atoms with E-state index < -0.39 is 12.1 Å². The first kappa shape index (κ1) is 13.0. The zero-order valence-electron chi connectivity index (χ0n) is 9.83. The van der Waals surface area contributed by atoms with Crippen LogP contribution in [0.3, 0.4) is 0 Å². The van der Waals surface area contributed by atoms with E-state index in [-0.39, 0.29) is 0 Å². The molecule has 1 aliphatic heterocycles. The molecule has 1 rings (SSSR count). The lowest BCUT2D eigenvalue weighted by Crippen LogP contribution is -2.47. The minimum Gasteiger partial charge on any atom is -0.376 e. The summed E-state index contributed by atoms with van der Waals surface area (Å²) in [5.74, 6) is -0.406. The van der Waals surface area contributed by atoms with E-state index in [1.165, 1.54) is 0 Å². The van der Waals surface area contributed by atoms with Gasteiger partial charge in [-0.1, -0.05) is 19.8 Å². The molecule has 1 aliphatic rings. The number of unbranched alkanes of at least 4 members (excludes halogenated alkanes) is 2. The van der Waals surface area contributed by atoms with Crippen LogP contribution in [-0.2, 0) is 9.53 Å². The molecule has 0 atom stereocenters. The maximum absolute atomic E-state index is 11.5. The Morgan fingerprint density at radius 1 is 1.25 bits per heavy atom. The van der Waals surface area contributed by atoms with Gasteiger partial charge in [-0.2, -0.15) is 0 Å². The van der Waals surface area contributed by atoms with Crippen molar-refractivity contribution in [3.63, 3.8) is 0 Å². The lowest BCUT2D eigenvalue weighted by atomic mass is 10.2. The summed E-state index contributed by atoms with van der Waals surface area (Å²) in [5.41, 5.74) is 0. The van der Waals surface area contributed by atoms with Crippen molar-refractivity contribution in [1.82, 2.24) is 10.2 Å². The van der Waals surface area contributed by atoms with E-state index in [0.29, 0.717) is 19.5 Å². The Morgan fingerprint density at radius 2 is 1.94 bits per heavy atom. The topological polar surface area (TPSA) is 58.6 Å².